The zero-order chi connectivity index (χ0) is 22.7. The van der Waals surface area contributed by atoms with Gasteiger partial charge in [-0.25, -0.2) is 23.1 Å². The van der Waals surface area contributed by atoms with Crippen LogP contribution in [0.1, 0.15) is 40.4 Å². The molecule has 0 aliphatic carbocycles. The van der Waals surface area contributed by atoms with Crippen molar-refractivity contribution in [2.24, 2.45) is 0 Å². The SMILES string of the molecule is O=C(NC1CCN(C(c2cncnc2)c2ccc(Cl)cc2F)CC1)c1cc(F)ccc1F. The van der Waals surface area contributed by atoms with E-state index in [-0.39, 0.29) is 11.6 Å². The second-order valence-corrected chi connectivity index (χ2v) is 8.08. The number of amides is 1. The van der Waals surface area contributed by atoms with Gasteiger partial charge >= 0.3 is 0 Å². The van der Waals surface area contributed by atoms with E-state index < -0.39 is 29.4 Å². The second-order valence-electron chi connectivity index (χ2n) is 7.65. The van der Waals surface area contributed by atoms with Crippen molar-refractivity contribution < 1.29 is 18.0 Å². The van der Waals surface area contributed by atoms with Crippen molar-refractivity contribution in [1.29, 1.82) is 0 Å². The Balaban J connectivity index is 1.49. The van der Waals surface area contributed by atoms with Crippen LogP contribution in [-0.2, 0) is 0 Å². The van der Waals surface area contributed by atoms with E-state index in [1.165, 1.54) is 12.4 Å². The monoisotopic (exact) mass is 460 g/mol. The Labute approximate surface area is 188 Å². The lowest BCUT2D eigenvalue weighted by atomic mass is 9.95. The van der Waals surface area contributed by atoms with Gasteiger partial charge in [0, 0.05) is 47.7 Å². The fourth-order valence-corrected chi connectivity index (χ4v) is 4.16. The Morgan fingerprint density at radius 1 is 1.03 bits per heavy atom. The highest BCUT2D eigenvalue weighted by atomic mass is 35.5. The molecular formula is C23H20ClF3N4O. The number of nitrogens with one attached hydrogen (secondary N) is 1. The molecule has 1 amide bonds. The smallest absolute Gasteiger partial charge is 0.254 e. The van der Waals surface area contributed by atoms with E-state index >= 15 is 0 Å². The van der Waals surface area contributed by atoms with E-state index in [4.69, 9.17) is 11.6 Å². The molecule has 1 aliphatic rings. The van der Waals surface area contributed by atoms with Crippen LogP contribution in [0.2, 0.25) is 5.02 Å². The summed E-state index contributed by atoms with van der Waals surface area (Å²) in [6.45, 7) is 1.08. The molecule has 1 aromatic heterocycles. The number of likely N-dealkylation sites (tertiary alicyclic amines) is 1. The number of rotatable bonds is 5. The fourth-order valence-electron chi connectivity index (χ4n) is 4.00. The predicted octanol–water partition coefficient (Wildman–Crippen LogP) is 4.53. The molecule has 2 aromatic carbocycles. The van der Waals surface area contributed by atoms with Gasteiger partial charge in [0.2, 0.25) is 0 Å². The summed E-state index contributed by atoms with van der Waals surface area (Å²) in [4.78, 5) is 22.6. The number of halogens is 4. The van der Waals surface area contributed by atoms with Gasteiger partial charge in [0.25, 0.3) is 5.91 Å². The standard InChI is InChI=1S/C23H20ClF3N4O/c24-15-1-3-18(21(27)9-15)22(14-11-28-13-29-12-14)31-7-5-17(6-8-31)30-23(32)19-10-16(25)2-4-20(19)26/h1-4,9-13,17,22H,5-8H2,(H,30,32). The van der Waals surface area contributed by atoms with Gasteiger partial charge in [-0.2, -0.15) is 0 Å². The topological polar surface area (TPSA) is 58.1 Å². The zero-order valence-electron chi connectivity index (χ0n) is 16.9. The zero-order valence-corrected chi connectivity index (χ0v) is 17.7. The van der Waals surface area contributed by atoms with Crippen molar-refractivity contribution in [3.05, 3.63) is 94.3 Å². The van der Waals surface area contributed by atoms with Crippen molar-refractivity contribution in [2.45, 2.75) is 24.9 Å². The summed E-state index contributed by atoms with van der Waals surface area (Å²) < 4.78 is 42.1. The fraction of sp³-hybridized carbons (Fsp3) is 0.261. The maximum atomic E-state index is 14.8. The predicted molar refractivity (Wildman–Crippen MR) is 114 cm³/mol. The Kier molecular flexibility index (Phi) is 6.72. The number of hydrogen-bond acceptors (Lipinski definition) is 4. The summed E-state index contributed by atoms with van der Waals surface area (Å²) in [5.41, 5.74) is 0.863. The third-order valence-electron chi connectivity index (χ3n) is 5.56. The Morgan fingerprint density at radius 3 is 2.44 bits per heavy atom. The first kappa shape index (κ1) is 22.2. The van der Waals surface area contributed by atoms with E-state index in [0.29, 0.717) is 36.5 Å². The minimum absolute atomic E-state index is 0.218. The van der Waals surface area contributed by atoms with E-state index in [0.717, 1.165) is 23.8 Å². The van der Waals surface area contributed by atoms with Gasteiger partial charge in [-0.3, -0.25) is 9.69 Å². The lowest BCUT2D eigenvalue weighted by Crippen LogP contribution is -2.46. The molecule has 1 unspecified atom stereocenters. The van der Waals surface area contributed by atoms with Crippen LogP contribution in [-0.4, -0.2) is 39.9 Å². The molecule has 5 nitrogen and oxygen atoms in total. The van der Waals surface area contributed by atoms with Crippen LogP contribution in [0.15, 0.2) is 55.1 Å². The summed E-state index contributed by atoms with van der Waals surface area (Å²) in [6, 6.07) is 6.69. The van der Waals surface area contributed by atoms with Crippen LogP contribution in [0.4, 0.5) is 13.2 Å². The van der Waals surface area contributed by atoms with E-state index in [2.05, 4.69) is 20.2 Å². The van der Waals surface area contributed by atoms with E-state index in [1.54, 1.807) is 24.5 Å². The van der Waals surface area contributed by atoms with Gasteiger partial charge < -0.3 is 5.32 Å². The number of hydrogen-bond donors (Lipinski definition) is 1. The number of nitrogens with zero attached hydrogens (tertiary/aromatic N) is 3. The first-order chi connectivity index (χ1) is 15.4. The lowest BCUT2D eigenvalue weighted by Gasteiger charge is -2.38. The van der Waals surface area contributed by atoms with Crippen molar-refractivity contribution >= 4 is 17.5 Å². The summed E-state index contributed by atoms with van der Waals surface area (Å²) in [7, 11) is 0. The highest BCUT2D eigenvalue weighted by Gasteiger charge is 2.30. The molecule has 3 aromatic rings. The molecule has 1 aliphatic heterocycles. The summed E-state index contributed by atoms with van der Waals surface area (Å²) in [6.07, 6.45) is 5.81. The van der Waals surface area contributed by atoms with Crippen molar-refractivity contribution in [1.82, 2.24) is 20.2 Å². The summed E-state index contributed by atoms with van der Waals surface area (Å²) >= 11 is 5.92. The average molecular weight is 461 g/mol. The van der Waals surface area contributed by atoms with Crippen LogP contribution >= 0.6 is 11.6 Å². The third kappa shape index (κ3) is 4.92. The first-order valence-corrected chi connectivity index (χ1v) is 10.5. The molecule has 0 spiro atoms. The van der Waals surface area contributed by atoms with Crippen LogP contribution in [0, 0.1) is 17.5 Å². The number of carbonyl (C=O) groups excluding carboxylic acids is 1. The highest BCUT2D eigenvalue weighted by Crippen LogP contribution is 2.33. The Bertz CT molecular complexity index is 1110. The maximum absolute atomic E-state index is 14.8. The van der Waals surface area contributed by atoms with Gasteiger partial charge in [0.05, 0.1) is 11.6 Å². The third-order valence-corrected chi connectivity index (χ3v) is 5.79. The molecule has 4 rings (SSSR count). The number of benzene rings is 2. The quantitative estimate of drug-likeness (QED) is 0.607. The van der Waals surface area contributed by atoms with Gasteiger partial charge in [0.1, 0.15) is 23.8 Å². The molecule has 0 radical (unpaired) electrons. The van der Waals surface area contributed by atoms with Gasteiger partial charge in [-0.1, -0.05) is 17.7 Å². The summed E-state index contributed by atoms with van der Waals surface area (Å²) in [5.74, 6) is -2.53. The Morgan fingerprint density at radius 2 is 1.75 bits per heavy atom. The molecule has 1 N–H and O–H groups in total. The maximum Gasteiger partial charge on any atom is 0.254 e. The molecule has 166 valence electrons. The molecular weight excluding hydrogens is 441 g/mol. The van der Waals surface area contributed by atoms with Crippen LogP contribution < -0.4 is 5.32 Å². The number of aromatic nitrogens is 2. The van der Waals surface area contributed by atoms with Crippen molar-refractivity contribution in [3.8, 4) is 0 Å². The van der Waals surface area contributed by atoms with Gasteiger partial charge in [-0.05, 0) is 43.2 Å². The van der Waals surface area contributed by atoms with Crippen molar-refractivity contribution in [3.63, 3.8) is 0 Å². The van der Waals surface area contributed by atoms with Gasteiger partial charge in [-0.15, -0.1) is 0 Å². The van der Waals surface area contributed by atoms with Gasteiger partial charge in [0.15, 0.2) is 0 Å². The van der Waals surface area contributed by atoms with Crippen LogP contribution in [0.5, 0.6) is 0 Å². The summed E-state index contributed by atoms with van der Waals surface area (Å²) in [5, 5.41) is 3.08. The number of piperidine rings is 1. The molecule has 32 heavy (non-hydrogen) atoms. The minimum Gasteiger partial charge on any atom is -0.349 e. The largest absolute Gasteiger partial charge is 0.349 e. The Hall–Kier alpha value is -2.97. The molecule has 9 heteroatoms. The molecule has 1 fully saturated rings. The minimum atomic E-state index is -0.774. The van der Waals surface area contributed by atoms with Crippen molar-refractivity contribution in [2.75, 3.05) is 13.1 Å². The first-order valence-electron chi connectivity index (χ1n) is 10.1. The number of carbonyl (C=O) groups is 1. The van der Waals surface area contributed by atoms with Crippen LogP contribution in [0.3, 0.4) is 0 Å². The second kappa shape index (κ2) is 9.67. The van der Waals surface area contributed by atoms with Crippen LogP contribution in [0.25, 0.3) is 0 Å². The molecule has 1 atom stereocenters. The normalized spacial score (nSPS) is 16.0. The van der Waals surface area contributed by atoms with E-state index in [1.807, 2.05) is 0 Å². The molecule has 0 bridgehead atoms. The molecule has 0 saturated carbocycles. The van der Waals surface area contributed by atoms with E-state index in [9.17, 15) is 18.0 Å². The average Bonchev–Trinajstić information content (AvgIpc) is 2.79. The molecule has 1 saturated heterocycles. The highest BCUT2D eigenvalue weighted by molar-refractivity contribution is 6.30. The lowest BCUT2D eigenvalue weighted by molar-refractivity contribution is 0.0895. The molecule has 2 heterocycles.